The van der Waals surface area contributed by atoms with Gasteiger partial charge in [-0.15, -0.1) is 0 Å². The number of nitrogens with one attached hydrogen (secondary N) is 1. The lowest BCUT2D eigenvalue weighted by Gasteiger charge is -2.27. The van der Waals surface area contributed by atoms with Crippen LogP contribution in [0.5, 0.6) is 0 Å². The molecule has 0 radical (unpaired) electrons. The molecular weight excluding hydrogens is 262 g/mol. The van der Waals surface area contributed by atoms with E-state index in [0.29, 0.717) is 12.2 Å². The zero-order valence-corrected chi connectivity index (χ0v) is 13.0. The van der Waals surface area contributed by atoms with Crippen molar-refractivity contribution < 1.29 is 0 Å². The largest absolute Gasteiger partial charge is 0.377 e. The average Bonchev–Trinajstić information content (AvgIpc) is 2.34. The van der Waals surface area contributed by atoms with Crippen LogP contribution in [0.4, 0.5) is 5.69 Å². The number of anilines is 1. The molecule has 0 bridgehead atoms. The van der Waals surface area contributed by atoms with Crippen LogP contribution in [-0.2, 0) is 6.54 Å². The molecule has 19 heavy (non-hydrogen) atoms. The molecule has 0 aromatic carbocycles. The number of aromatic nitrogens is 2. The van der Waals surface area contributed by atoms with E-state index in [0.717, 1.165) is 25.7 Å². The minimum Gasteiger partial charge on any atom is -0.377 e. The number of hydrogen-bond donors (Lipinski definition) is 1. The summed E-state index contributed by atoms with van der Waals surface area (Å²) in [6.07, 6.45) is 5.67. The first-order valence-electron chi connectivity index (χ1n) is 6.95. The Morgan fingerprint density at radius 1 is 1.37 bits per heavy atom. The van der Waals surface area contributed by atoms with E-state index in [9.17, 15) is 4.79 Å². The van der Waals surface area contributed by atoms with Crippen LogP contribution in [-0.4, -0.2) is 15.3 Å². The van der Waals surface area contributed by atoms with Crippen LogP contribution in [0.25, 0.3) is 0 Å². The third-order valence-corrected chi connectivity index (χ3v) is 3.42. The van der Waals surface area contributed by atoms with Crippen molar-refractivity contribution >= 4 is 17.3 Å². The highest BCUT2D eigenvalue weighted by molar-refractivity contribution is 6.32. The zero-order chi connectivity index (χ0) is 14.5. The van der Waals surface area contributed by atoms with Gasteiger partial charge in [0, 0.05) is 12.1 Å². The molecule has 1 aromatic heterocycles. The van der Waals surface area contributed by atoms with Crippen molar-refractivity contribution in [2.45, 2.75) is 65.5 Å². The standard InChI is InChI=1S/C14H24ClN3O/c1-5-7-9-18-13(19)12(15)11(10-16-18)17-14(3,4)8-6-2/h10,17H,5-9H2,1-4H3. The molecule has 1 aromatic rings. The summed E-state index contributed by atoms with van der Waals surface area (Å²) < 4.78 is 1.43. The van der Waals surface area contributed by atoms with Crippen molar-refractivity contribution in [1.82, 2.24) is 9.78 Å². The molecule has 0 fully saturated rings. The summed E-state index contributed by atoms with van der Waals surface area (Å²) in [5, 5.41) is 7.71. The molecular formula is C14H24ClN3O. The lowest BCUT2D eigenvalue weighted by molar-refractivity contribution is 0.507. The second-order valence-corrected chi connectivity index (χ2v) is 5.89. The molecule has 1 heterocycles. The van der Waals surface area contributed by atoms with Gasteiger partial charge in [-0.3, -0.25) is 4.79 Å². The fourth-order valence-electron chi connectivity index (χ4n) is 2.07. The molecule has 0 aliphatic carbocycles. The van der Waals surface area contributed by atoms with Crippen molar-refractivity contribution in [3.8, 4) is 0 Å². The Morgan fingerprint density at radius 3 is 2.63 bits per heavy atom. The van der Waals surface area contributed by atoms with Crippen LogP contribution in [0.15, 0.2) is 11.0 Å². The number of unbranched alkanes of at least 4 members (excludes halogenated alkanes) is 1. The van der Waals surface area contributed by atoms with Crippen LogP contribution < -0.4 is 10.9 Å². The Balaban J connectivity index is 2.93. The van der Waals surface area contributed by atoms with E-state index in [1.165, 1.54) is 4.68 Å². The monoisotopic (exact) mass is 285 g/mol. The third-order valence-electron chi connectivity index (χ3n) is 3.06. The van der Waals surface area contributed by atoms with E-state index in [1.807, 2.05) is 0 Å². The lowest BCUT2D eigenvalue weighted by atomic mass is 9.99. The second-order valence-electron chi connectivity index (χ2n) is 5.51. The van der Waals surface area contributed by atoms with Crippen LogP contribution in [0.2, 0.25) is 5.02 Å². The minimum absolute atomic E-state index is 0.0951. The van der Waals surface area contributed by atoms with Gasteiger partial charge < -0.3 is 5.32 Å². The van der Waals surface area contributed by atoms with Gasteiger partial charge >= 0.3 is 0 Å². The van der Waals surface area contributed by atoms with Gasteiger partial charge in [-0.25, -0.2) is 4.68 Å². The molecule has 108 valence electrons. The van der Waals surface area contributed by atoms with Gasteiger partial charge in [0.05, 0.1) is 11.9 Å². The van der Waals surface area contributed by atoms with Gasteiger partial charge in [0.15, 0.2) is 0 Å². The zero-order valence-electron chi connectivity index (χ0n) is 12.3. The highest BCUT2D eigenvalue weighted by atomic mass is 35.5. The molecule has 0 saturated carbocycles. The predicted molar refractivity (Wildman–Crippen MR) is 81.0 cm³/mol. The molecule has 0 amide bonds. The molecule has 4 nitrogen and oxygen atoms in total. The van der Waals surface area contributed by atoms with Crippen molar-refractivity contribution in [3.63, 3.8) is 0 Å². The minimum atomic E-state index is -0.215. The second kappa shape index (κ2) is 6.94. The fourth-order valence-corrected chi connectivity index (χ4v) is 2.27. The van der Waals surface area contributed by atoms with Gasteiger partial charge in [0.1, 0.15) is 5.02 Å². The van der Waals surface area contributed by atoms with Gasteiger partial charge in [0.2, 0.25) is 0 Å². The number of hydrogen-bond acceptors (Lipinski definition) is 3. The molecule has 5 heteroatoms. The topological polar surface area (TPSA) is 46.9 Å². The van der Waals surface area contributed by atoms with Crippen LogP contribution in [0.1, 0.15) is 53.4 Å². The van der Waals surface area contributed by atoms with E-state index < -0.39 is 0 Å². The molecule has 0 aliphatic rings. The Hall–Kier alpha value is -1.03. The highest BCUT2D eigenvalue weighted by Gasteiger charge is 2.19. The molecule has 0 aliphatic heterocycles. The van der Waals surface area contributed by atoms with E-state index in [1.54, 1.807) is 6.20 Å². The smallest absolute Gasteiger partial charge is 0.287 e. The fraction of sp³-hybridized carbons (Fsp3) is 0.714. The van der Waals surface area contributed by atoms with Gasteiger partial charge in [-0.1, -0.05) is 38.3 Å². The normalized spacial score (nSPS) is 11.6. The summed E-state index contributed by atoms with van der Waals surface area (Å²) in [4.78, 5) is 12.1. The van der Waals surface area contributed by atoms with Crippen LogP contribution in [0.3, 0.4) is 0 Å². The Labute approximate surface area is 120 Å². The lowest BCUT2D eigenvalue weighted by Crippen LogP contribution is -2.33. The van der Waals surface area contributed by atoms with E-state index in [-0.39, 0.29) is 16.1 Å². The molecule has 0 saturated heterocycles. The third kappa shape index (κ3) is 4.53. The average molecular weight is 286 g/mol. The summed E-state index contributed by atoms with van der Waals surface area (Å²) in [6, 6.07) is 0. The van der Waals surface area contributed by atoms with E-state index >= 15 is 0 Å². The molecule has 0 unspecified atom stereocenters. The summed E-state index contributed by atoms with van der Waals surface area (Å²) in [5.41, 5.74) is 0.313. The van der Waals surface area contributed by atoms with Gasteiger partial charge in [-0.2, -0.15) is 5.10 Å². The van der Waals surface area contributed by atoms with Crippen LogP contribution >= 0.6 is 11.6 Å². The molecule has 0 atom stereocenters. The number of halogens is 1. The number of rotatable bonds is 7. The van der Waals surface area contributed by atoms with Gasteiger partial charge in [-0.05, 0) is 26.7 Å². The maximum Gasteiger partial charge on any atom is 0.287 e. The quantitative estimate of drug-likeness (QED) is 0.831. The summed E-state index contributed by atoms with van der Waals surface area (Å²) in [5.74, 6) is 0. The summed E-state index contributed by atoms with van der Waals surface area (Å²) >= 11 is 6.15. The molecule has 0 spiro atoms. The first-order valence-corrected chi connectivity index (χ1v) is 7.33. The molecule has 1 N–H and O–H groups in total. The van der Waals surface area contributed by atoms with Crippen molar-refractivity contribution in [1.29, 1.82) is 0 Å². The van der Waals surface area contributed by atoms with Crippen LogP contribution in [0, 0.1) is 0 Å². The predicted octanol–water partition coefficient (Wildman–Crippen LogP) is 3.69. The SMILES string of the molecule is CCCCn1ncc(NC(C)(C)CCC)c(Cl)c1=O. The maximum absolute atomic E-state index is 12.1. The van der Waals surface area contributed by atoms with Crippen molar-refractivity contribution in [2.75, 3.05) is 5.32 Å². The number of aryl methyl sites for hydroxylation is 1. The van der Waals surface area contributed by atoms with E-state index in [4.69, 9.17) is 11.6 Å². The number of nitrogens with zero attached hydrogens (tertiary/aromatic N) is 2. The highest BCUT2D eigenvalue weighted by Crippen LogP contribution is 2.23. The Bertz CT molecular complexity index is 468. The summed E-state index contributed by atoms with van der Waals surface area (Å²) in [7, 11) is 0. The summed E-state index contributed by atoms with van der Waals surface area (Å²) in [6.45, 7) is 9.01. The molecule has 1 rings (SSSR count). The Kier molecular flexibility index (Phi) is 5.85. The Morgan fingerprint density at radius 2 is 2.05 bits per heavy atom. The maximum atomic E-state index is 12.1. The first kappa shape index (κ1) is 16.0. The van der Waals surface area contributed by atoms with E-state index in [2.05, 4.69) is 38.1 Å². The first-order chi connectivity index (χ1) is 8.91. The van der Waals surface area contributed by atoms with Crippen molar-refractivity contribution in [2.24, 2.45) is 0 Å². The van der Waals surface area contributed by atoms with Crippen molar-refractivity contribution in [3.05, 3.63) is 21.6 Å². The van der Waals surface area contributed by atoms with Gasteiger partial charge in [0.25, 0.3) is 5.56 Å².